The maximum absolute atomic E-state index is 12.1. The highest BCUT2D eigenvalue weighted by molar-refractivity contribution is 5.91. The van der Waals surface area contributed by atoms with Crippen molar-refractivity contribution in [1.29, 1.82) is 0 Å². The Labute approximate surface area is 109 Å². The van der Waals surface area contributed by atoms with Crippen molar-refractivity contribution in [2.24, 2.45) is 35.0 Å². The normalized spacial score (nSPS) is 40.5. The van der Waals surface area contributed by atoms with Crippen molar-refractivity contribution in [1.82, 2.24) is 5.32 Å². The molecule has 3 aliphatic carbocycles. The van der Waals surface area contributed by atoms with Gasteiger partial charge in [0.05, 0.1) is 6.54 Å². The molecule has 0 spiro atoms. The van der Waals surface area contributed by atoms with Crippen LogP contribution in [0.25, 0.3) is 0 Å². The third-order valence-corrected chi connectivity index (χ3v) is 5.30. The molecule has 1 amide bonds. The minimum atomic E-state index is -0.355. The predicted molar refractivity (Wildman–Crippen MR) is 68.8 cm³/mol. The summed E-state index contributed by atoms with van der Waals surface area (Å²) in [6, 6.07) is 0. The summed E-state index contributed by atoms with van der Waals surface area (Å²) < 4.78 is 0. The number of carbonyl (C=O) groups excluding carboxylic acids is 2. The Kier molecular flexibility index (Phi) is 2.58. The van der Waals surface area contributed by atoms with Gasteiger partial charge in [-0.3, -0.25) is 9.59 Å². The third-order valence-electron chi connectivity index (χ3n) is 5.30. The standard InChI is InChI=1S/C15H23NO2/c1-15(2,3)10(17)7-16-14(18)13-11-8-4-5-9(6-8)12(11)13/h8-9,11-13H,4-7H2,1-3H3,(H,16,18). The molecule has 0 aromatic heterocycles. The van der Waals surface area contributed by atoms with Crippen molar-refractivity contribution >= 4 is 11.7 Å². The van der Waals surface area contributed by atoms with Gasteiger partial charge in [0.2, 0.25) is 5.91 Å². The van der Waals surface area contributed by atoms with E-state index in [-0.39, 0.29) is 29.6 Å². The fraction of sp³-hybridized carbons (Fsp3) is 0.867. The zero-order chi connectivity index (χ0) is 13.1. The summed E-state index contributed by atoms with van der Waals surface area (Å²) in [7, 11) is 0. The third kappa shape index (κ3) is 1.79. The molecule has 0 aromatic rings. The van der Waals surface area contributed by atoms with Gasteiger partial charge in [0.25, 0.3) is 0 Å². The second kappa shape index (κ2) is 3.82. The van der Waals surface area contributed by atoms with Gasteiger partial charge in [-0.25, -0.2) is 0 Å². The molecule has 1 N–H and O–H groups in total. The van der Waals surface area contributed by atoms with Crippen LogP contribution in [0.4, 0.5) is 0 Å². The van der Waals surface area contributed by atoms with Gasteiger partial charge in [-0.1, -0.05) is 20.8 Å². The number of fused-ring (bicyclic) bond motifs is 5. The molecule has 3 rings (SSSR count). The zero-order valence-corrected chi connectivity index (χ0v) is 11.5. The average molecular weight is 249 g/mol. The van der Waals surface area contributed by atoms with Gasteiger partial charge in [-0.05, 0) is 42.9 Å². The summed E-state index contributed by atoms with van der Waals surface area (Å²) in [5.74, 6) is 3.44. The highest BCUT2D eigenvalue weighted by atomic mass is 16.2. The summed E-state index contributed by atoms with van der Waals surface area (Å²) in [5.41, 5.74) is -0.355. The van der Waals surface area contributed by atoms with Gasteiger partial charge < -0.3 is 5.32 Å². The van der Waals surface area contributed by atoms with Crippen LogP contribution in [-0.4, -0.2) is 18.2 Å². The number of ketones is 1. The molecule has 0 aliphatic heterocycles. The van der Waals surface area contributed by atoms with Crippen LogP contribution in [0, 0.1) is 35.0 Å². The molecule has 3 heteroatoms. The molecule has 3 nitrogen and oxygen atoms in total. The molecular weight excluding hydrogens is 226 g/mol. The molecule has 0 heterocycles. The van der Waals surface area contributed by atoms with Crippen molar-refractivity contribution in [2.45, 2.75) is 40.0 Å². The van der Waals surface area contributed by atoms with Gasteiger partial charge >= 0.3 is 0 Å². The van der Waals surface area contributed by atoms with E-state index >= 15 is 0 Å². The maximum Gasteiger partial charge on any atom is 0.224 e. The van der Waals surface area contributed by atoms with E-state index in [1.54, 1.807) is 0 Å². The molecule has 3 fully saturated rings. The van der Waals surface area contributed by atoms with Crippen LogP contribution in [0.3, 0.4) is 0 Å². The maximum atomic E-state index is 12.1. The lowest BCUT2D eigenvalue weighted by Crippen LogP contribution is -2.37. The summed E-state index contributed by atoms with van der Waals surface area (Å²) in [5, 5.41) is 2.86. The number of amides is 1. The number of Topliss-reactive ketones (excluding diaryl/α,β-unsaturated/α-hetero) is 1. The molecule has 2 bridgehead atoms. The first-order valence-electron chi connectivity index (χ1n) is 7.20. The Hall–Kier alpha value is -0.860. The Bertz CT molecular complexity index is 380. The van der Waals surface area contributed by atoms with E-state index in [0.717, 1.165) is 11.8 Å². The van der Waals surface area contributed by atoms with E-state index < -0.39 is 0 Å². The molecule has 3 saturated carbocycles. The van der Waals surface area contributed by atoms with Gasteiger partial charge in [0, 0.05) is 11.3 Å². The second-order valence-electron chi connectivity index (χ2n) is 7.40. The molecule has 0 saturated heterocycles. The lowest BCUT2D eigenvalue weighted by Gasteiger charge is -2.17. The number of nitrogens with one attached hydrogen (secondary N) is 1. The van der Waals surface area contributed by atoms with Crippen molar-refractivity contribution in [3.63, 3.8) is 0 Å². The fourth-order valence-corrected chi connectivity index (χ4v) is 4.23. The Balaban J connectivity index is 1.51. The van der Waals surface area contributed by atoms with Crippen LogP contribution in [0.15, 0.2) is 0 Å². The van der Waals surface area contributed by atoms with E-state index in [4.69, 9.17) is 0 Å². The summed E-state index contributed by atoms with van der Waals surface area (Å²) in [6.07, 6.45) is 4.02. The first-order valence-corrected chi connectivity index (χ1v) is 7.20. The van der Waals surface area contributed by atoms with Gasteiger partial charge in [0.1, 0.15) is 0 Å². The van der Waals surface area contributed by atoms with Crippen LogP contribution in [0.5, 0.6) is 0 Å². The van der Waals surface area contributed by atoms with Gasteiger partial charge in [-0.15, -0.1) is 0 Å². The topological polar surface area (TPSA) is 46.2 Å². The molecule has 0 aromatic carbocycles. The first-order chi connectivity index (χ1) is 8.39. The van der Waals surface area contributed by atoms with Crippen molar-refractivity contribution in [3.05, 3.63) is 0 Å². The highest BCUT2D eigenvalue weighted by Crippen LogP contribution is 2.69. The second-order valence-corrected chi connectivity index (χ2v) is 7.40. The van der Waals surface area contributed by atoms with Crippen LogP contribution in [0.1, 0.15) is 40.0 Å². The number of hydrogen-bond donors (Lipinski definition) is 1. The SMILES string of the molecule is CC(C)(C)C(=O)CNC(=O)C1C2C3CCC(C3)C12. The Morgan fingerprint density at radius 3 is 2.17 bits per heavy atom. The Morgan fingerprint density at radius 1 is 1.11 bits per heavy atom. The number of carbonyl (C=O) groups is 2. The van der Waals surface area contributed by atoms with E-state index in [1.165, 1.54) is 19.3 Å². The number of hydrogen-bond acceptors (Lipinski definition) is 2. The molecule has 18 heavy (non-hydrogen) atoms. The smallest absolute Gasteiger partial charge is 0.224 e. The summed E-state index contributed by atoms with van der Waals surface area (Å²) >= 11 is 0. The molecule has 3 aliphatic rings. The monoisotopic (exact) mass is 249 g/mol. The summed E-state index contributed by atoms with van der Waals surface area (Å²) in [4.78, 5) is 23.9. The molecule has 0 radical (unpaired) electrons. The highest BCUT2D eigenvalue weighted by Gasteiger charge is 2.67. The van der Waals surface area contributed by atoms with Crippen molar-refractivity contribution in [2.75, 3.05) is 6.54 Å². The minimum Gasteiger partial charge on any atom is -0.349 e. The van der Waals surface area contributed by atoms with Crippen LogP contribution >= 0.6 is 0 Å². The average Bonchev–Trinajstić information content (AvgIpc) is 2.73. The zero-order valence-electron chi connectivity index (χ0n) is 11.5. The molecular formula is C15H23NO2. The number of rotatable bonds is 3. The lowest BCUT2D eigenvalue weighted by molar-refractivity contribution is -0.130. The van der Waals surface area contributed by atoms with Crippen LogP contribution in [-0.2, 0) is 9.59 Å². The van der Waals surface area contributed by atoms with Gasteiger partial charge in [-0.2, -0.15) is 0 Å². The Morgan fingerprint density at radius 2 is 1.67 bits per heavy atom. The molecule has 4 atom stereocenters. The van der Waals surface area contributed by atoms with Crippen molar-refractivity contribution in [3.8, 4) is 0 Å². The van der Waals surface area contributed by atoms with Crippen molar-refractivity contribution < 1.29 is 9.59 Å². The summed E-state index contributed by atoms with van der Waals surface area (Å²) in [6.45, 7) is 5.89. The minimum absolute atomic E-state index is 0.115. The van der Waals surface area contributed by atoms with Crippen LogP contribution in [0.2, 0.25) is 0 Å². The van der Waals surface area contributed by atoms with Gasteiger partial charge in [0.15, 0.2) is 5.78 Å². The van der Waals surface area contributed by atoms with Crippen LogP contribution < -0.4 is 5.32 Å². The molecule has 100 valence electrons. The fourth-order valence-electron chi connectivity index (χ4n) is 4.23. The van der Waals surface area contributed by atoms with E-state index in [0.29, 0.717) is 11.8 Å². The quantitative estimate of drug-likeness (QED) is 0.831. The lowest BCUT2D eigenvalue weighted by atomic mass is 9.91. The first kappa shape index (κ1) is 12.2. The molecule has 4 unspecified atom stereocenters. The van der Waals surface area contributed by atoms with E-state index in [9.17, 15) is 9.59 Å². The largest absolute Gasteiger partial charge is 0.349 e. The van der Waals surface area contributed by atoms with E-state index in [1.807, 2.05) is 20.8 Å². The van der Waals surface area contributed by atoms with E-state index in [2.05, 4.69) is 5.32 Å². The predicted octanol–water partition coefficient (Wildman–Crippen LogP) is 2.01.